The molecule has 12 heavy (non-hydrogen) atoms. The van der Waals surface area contributed by atoms with Crippen LogP contribution in [0.3, 0.4) is 0 Å². The third-order valence-electron chi connectivity index (χ3n) is 0.871. The average molecular weight is 209 g/mol. The summed E-state index contributed by atoms with van der Waals surface area (Å²) in [4.78, 5) is 10.0. The lowest BCUT2D eigenvalue weighted by molar-refractivity contribution is -0.212. The molecule has 72 valence electrons. The fourth-order valence-corrected chi connectivity index (χ4v) is 0.329. The molecule has 0 aliphatic carbocycles. The number of carbonyl (C=O) groups excluding carboxylic acids is 1. The number of carbonyl (C=O) groups is 1. The van der Waals surface area contributed by atoms with E-state index in [0.717, 1.165) is 6.92 Å². The highest BCUT2D eigenvalue weighted by Crippen LogP contribution is 2.37. The molecule has 0 fully saturated rings. The molecule has 0 aliphatic rings. The second-order valence-corrected chi connectivity index (χ2v) is 2.58. The Labute approximate surface area is 70.4 Å². The summed E-state index contributed by atoms with van der Waals surface area (Å²) >= 11 is 4.39. The van der Waals surface area contributed by atoms with Crippen LogP contribution < -0.4 is 0 Å². The lowest BCUT2D eigenvalue weighted by Gasteiger charge is -2.19. The van der Waals surface area contributed by atoms with Gasteiger partial charge in [0.1, 0.15) is 6.61 Å². The largest absolute Gasteiger partial charge is 0.461 e. The molecule has 2 nitrogen and oxygen atoms in total. The molecule has 0 radical (unpaired) electrons. The second kappa shape index (κ2) is 3.47. The molecule has 0 rings (SSSR count). The Morgan fingerprint density at radius 2 is 1.83 bits per heavy atom. The number of halogens is 5. The van der Waals surface area contributed by atoms with Crippen molar-refractivity contribution in [1.82, 2.24) is 0 Å². The number of ether oxygens (including phenoxy) is 1. The number of hydrogen-bond acceptors (Lipinski definition) is 2. The van der Waals surface area contributed by atoms with Gasteiger partial charge in [0, 0.05) is 6.92 Å². The SMILES string of the molecule is CC(=O)OCC(F)(Cl)C(F)(F)F. The van der Waals surface area contributed by atoms with Gasteiger partial charge >= 0.3 is 17.3 Å². The highest BCUT2D eigenvalue weighted by atomic mass is 35.5. The quantitative estimate of drug-likeness (QED) is 0.394. The van der Waals surface area contributed by atoms with Gasteiger partial charge in [0.2, 0.25) is 0 Å². The molecule has 0 aromatic carbocycles. The predicted molar refractivity (Wildman–Crippen MR) is 32.4 cm³/mol. The fraction of sp³-hybridized carbons (Fsp3) is 0.800. The van der Waals surface area contributed by atoms with Gasteiger partial charge in [0.25, 0.3) is 0 Å². The normalized spacial score (nSPS) is 16.8. The molecule has 0 heterocycles. The maximum absolute atomic E-state index is 12.3. The van der Waals surface area contributed by atoms with Crippen LogP contribution in [0.2, 0.25) is 0 Å². The van der Waals surface area contributed by atoms with Crippen LogP contribution in [-0.4, -0.2) is 23.9 Å². The first-order chi connectivity index (χ1) is 5.17. The van der Waals surface area contributed by atoms with Crippen LogP contribution in [0.1, 0.15) is 6.92 Å². The van der Waals surface area contributed by atoms with Gasteiger partial charge in [-0.05, 0) is 0 Å². The molecule has 0 aromatic heterocycles. The summed E-state index contributed by atoms with van der Waals surface area (Å²) < 4.78 is 50.8. The van der Waals surface area contributed by atoms with Crippen LogP contribution in [-0.2, 0) is 9.53 Å². The zero-order valence-electron chi connectivity index (χ0n) is 5.91. The van der Waals surface area contributed by atoms with Crippen molar-refractivity contribution < 1.29 is 27.1 Å². The van der Waals surface area contributed by atoms with Crippen LogP contribution in [0.5, 0.6) is 0 Å². The highest BCUT2D eigenvalue weighted by molar-refractivity contribution is 6.23. The van der Waals surface area contributed by atoms with E-state index in [1.807, 2.05) is 0 Å². The molecule has 0 saturated heterocycles. The third-order valence-corrected chi connectivity index (χ3v) is 1.19. The molecule has 0 spiro atoms. The van der Waals surface area contributed by atoms with Gasteiger partial charge in [-0.15, -0.1) is 0 Å². The highest BCUT2D eigenvalue weighted by Gasteiger charge is 2.56. The first kappa shape index (κ1) is 11.5. The van der Waals surface area contributed by atoms with Gasteiger partial charge in [-0.25, -0.2) is 4.39 Å². The minimum atomic E-state index is -5.25. The summed E-state index contributed by atoms with van der Waals surface area (Å²) in [5.74, 6) is -1.03. The van der Waals surface area contributed by atoms with E-state index in [-0.39, 0.29) is 0 Å². The Morgan fingerprint density at radius 3 is 2.08 bits per heavy atom. The molecule has 0 bridgehead atoms. The van der Waals surface area contributed by atoms with E-state index in [2.05, 4.69) is 16.3 Å². The Kier molecular flexibility index (Phi) is 3.32. The van der Waals surface area contributed by atoms with Crippen molar-refractivity contribution >= 4 is 17.6 Å². The number of rotatable bonds is 2. The van der Waals surface area contributed by atoms with Crippen molar-refractivity contribution in [3.63, 3.8) is 0 Å². The molecule has 0 amide bonds. The van der Waals surface area contributed by atoms with Gasteiger partial charge in [-0.2, -0.15) is 13.2 Å². The first-order valence-electron chi connectivity index (χ1n) is 2.75. The first-order valence-corrected chi connectivity index (χ1v) is 3.12. The van der Waals surface area contributed by atoms with Crippen molar-refractivity contribution in [3.05, 3.63) is 0 Å². The lowest BCUT2D eigenvalue weighted by Crippen LogP contribution is -2.40. The van der Waals surface area contributed by atoms with E-state index in [1.165, 1.54) is 0 Å². The Bertz CT molecular complexity index is 177. The van der Waals surface area contributed by atoms with Crippen LogP contribution in [0.4, 0.5) is 17.6 Å². The van der Waals surface area contributed by atoms with Gasteiger partial charge < -0.3 is 4.74 Å². The molecular formula is C5H5ClF4O2. The molecule has 1 unspecified atom stereocenters. The van der Waals surface area contributed by atoms with E-state index < -0.39 is 23.9 Å². The van der Waals surface area contributed by atoms with Crippen molar-refractivity contribution in [3.8, 4) is 0 Å². The van der Waals surface area contributed by atoms with Gasteiger partial charge in [0.15, 0.2) is 0 Å². The fourth-order valence-electron chi connectivity index (χ4n) is 0.274. The van der Waals surface area contributed by atoms with Crippen molar-refractivity contribution in [2.75, 3.05) is 6.61 Å². The van der Waals surface area contributed by atoms with Crippen molar-refractivity contribution in [2.24, 2.45) is 0 Å². The van der Waals surface area contributed by atoms with Gasteiger partial charge in [-0.1, -0.05) is 11.6 Å². The summed E-state index contributed by atoms with van der Waals surface area (Å²) in [7, 11) is 0. The van der Waals surface area contributed by atoms with Gasteiger partial charge in [-0.3, -0.25) is 4.79 Å². The second-order valence-electron chi connectivity index (χ2n) is 1.98. The number of esters is 1. The maximum Gasteiger partial charge on any atom is 0.440 e. The van der Waals surface area contributed by atoms with Crippen molar-refractivity contribution in [2.45, 2.75) is 18.2 Å². The average Bonchev–Trinajstić information content (AvgIpc) is 1.81. The molecule has 0 aromatic rings. The summed E-state index contributed by atoms with van der Waals surface area (Å²) in [6, 6.07) is 0. The molecule has 0 aliphatic heterocycles. The topological polar surface area (TPSA) is 26.3 Å². The van der Waals surface area contributed by atoms with Crippen LogP contribution >= 0.6 is 11.6 Å². The minimum absolute atomic E-state index is 0.851. The molecule has 0 saturated carbocycles. The Morgan fingerprint density at radius 1 is 1.42 bits per heavy atom. The standard InChI is InChI=1S/C5H5ClF4O2/c1-3(11)12-2-4(6,7)5(8,9)10/h2H2,1H3. The molecular weight excluding hydrogens is 203 g/mol. The van der Waals surface area contributed by atoms with E-state index in [9.17, 15) is 22.4 Å². The van der Waals surface area contributed by atoms with Gasteiger partial charge in [0.05, 0.1) is 0 Å². The summed E-state index contributed by atoms with van der Waals surface area (Å²) in [5, 5.41) is -4.00. The molecule has 1 atom stereocenters. The lowest BCUT2D eigenvalue weighted by atomic mass is 10.4. The zero-order valence-corrected chi connectivity index (χ0v) is 6.67. The Hall–Kier alpha value is -0.520. The molecule has 0 N–H and O–H groups in total. The van der Waals surface area contributed by atoms with Crippen LogP contribution in [0.15, 0.2) is 0 Å². The number of hydrogen-bond donors (Lipinski definition) is 0. The van der Waals surface area contributed by atoms with Crippen LogP contribution in [0.25, 0.3) is 0 Å². The summed E-state index contributed by atoms with van der Waals surface area (Å²) in [5.41, 5.74) is 0. The zero-order chi connectivity index (χ0) is 9.99. The Balaban J connectivity index is 4.14. The minimum Gasteiger partial charge on any atom is -0.461 e. The van der Waals surface area contributed by atoms with E-state index in [4.69, 9.17) is 0 Å². The van der Waals surface area contributed by atoms with Crippen molar-refractivity contribution in [1.29, 1.82) is 0 Å². The smallest absolute Gasteiger partial charge is 0.440 e. The van der Waals surface area contributed by atoms with E-state index in [1.54, 1.807) is 0 Å². The summed E-state index contributed by atoms with van der Waals surface area (Å²) in [6.07, 6.45) is -5.25. The molecule has 7 heteroatoms. The predicted octanol–water partition coefficient (Wildman–Crippen LogP) is 2.02. The number of alkyl halides is 5. The monoisotopic (exact) mass is 208 g/mol. The van der Waals surface area contributed by atoms with E-state index in [0.29, 0.717) is 0 Å². The third kappa shape index (κ3) is 3.25. The van der Waals surface area contributed by atoms with E-state index >= 15 is 0 Å². The summed E-state index contributed by atoms with van der Waals surface area (Å²) in [6.45, 7) is -0.684. The maximum atomic E-state index is 12.3. The van der Waals surface area contributed by atoms with Crippen LogP contribution in [0, 0.1) is 0 Å².